The highest BCUT2D eigenvalue weighted by Crippen LogP contribution is 2.26. The molecule has 0 atom stereocenters. The number of nitrogens with one attached hydrogen (secondary N) is 2. The highest BCUT2D eigenvalue weighted by atomic mass is 19.4. The number of imidazole rings is 1. The minimum absolute atomic E-state index is 0.00697. The van der Waals surface area contributed by atoms with E-state index in [-0.39, 0.29) is 39.7 Å². The first-order chi connectivity index (χ1) is 17.4. The maximum absolute atomic E-state index is 14.7. The summed E-state index contributed by atoms with van der Waals surface area (Å²) in [6.07, 6.45) is -3.50. The molecule has 2 heterocycles. The van der Waals surface area contributed by atoms with Gasteiger partial charge in [-0.3, -0.25) is 9.59 Å². The van der Waals surface area contributed by atoms with Gasteiger partial charge in [-0.25, -0.2) is 18.3 Å². The predicted octanol–water partition coefficient (Wildman–Crippen LogP) is 4.77. The van der Waals surface area contributed by atoms with Crippen LogP contribution in [0.2, 0.25) is 0 Å². The summed E-state index contributed by atoms with van der Waals surface area (Å²) in [6.45, 7) is 2.22. The van der Waals surface area contributed by atoms with Crippen molar-refractivity contribution in [3.8, 4) is 17.0 Å². The summed E-state index contributed by atoms with van der Waals surface area (Å²) in [6, 6.07) is 8.10. The number of ether oxygens (including phenoxy) is 1. The summed E-state index contributed by atoms with van der Waals surface area (Å²) in [5.41, 5.74) is 0.618. The molecule has 8 nitrogen and oxygen atoms in total. The van der Waals surface area contributed by atoms with E-state index in [1.165, 1.54) is 36.7 Å². The van der Waals surface area contributed by atoms with Crippen molar-refractivity contribution < 1.29 is 36.3 Å². The highest BCUT2D eigenvalue weighted by Gasteiger charge is 2.31. The molecule has 2 amide bonds. The van der Waals surface area contributed by atoms with E-state index in [9.17, 15) is 31.5 Å². The summed E-state index contributed by atoms with van der Waals surface area (Å²) < 4.78 is 71.3. The number of anilines is 1. The van der Waals surface area contributed by atoms with E-state index in [4.69, 9.17) is 0 Å². The van der Waals surface area contributed by atoms with Gasteiger partial charge >= 0.3 is 6.36 Å². The SMILES string of the molecule is CC(=O)Nc1cn2nc(-c3cc(F)c(C)c(C(=O)NCc4cc(OC(F)(F)F)ccc4F)c3)ccc2n1. The lowest BCUT2D eigenvalue weighted by Crippen LogP contribution is -2.25. The lowest BCUT2D eigenvalue weighted by atomic mass is 10.0. The Balaban J connectivity index is 1.58. The maximum atomic E-state index is 14.7. The van der Waals surface area contributed by atoms with Gasteiger partial charge in [-0.15, -0.1) is 13.2 Å². The number of halogens is 5. The van der Waals surface area contributed by atoms with Crippen LogP contribution in [0.5, 0.6) is 5.75 Å². The smallest absolute Gasteiger partial charge is 0.406 e. The number of aromatic nitrogens is 3. The molecule has 4 aromatic rings. The van der Waals surface area contributed by atoms with E-state index in [1.807, 2.05) is 0 Å². The van der Waals surface area contributed by atoms with Crippen LogP contribution in [-0.2, 0) is 11.3 Å². The van der Waals surface area contributed by atoms with Gasteiger partial charge in [-0.2, -0.15) is 5.10 Å². The number of hydrogen-bond donors (Lipinski definition) is 2. The van der Waals surface area contributed by atoms with Gasteiger partial charge in [0.2, 0.25) is 5.91 Å². The van der Waals surface area contributed by atoms with Crippen LogP contribution in [0.1, 0.15) is 28.4 Å². The minimum Gasteiger partial charge on any atom is -0.406 e. The molecule has 2 aromatic carbocycles. The first kappa shape index (κ1) is 25.5. The lowest BCUT2D eigenvalue weighted by Gasteiger charge is -2.13. The number of nitrogens with zero attached hydrogens (tertiary/aromatic N) is 3. The van der Waals surface area contributed by atoms with Gasteiger partial charge in [-0.05, 0) is 55.0 Å². The van der Waals surface area contributed by atoms with Crippen molar-refractivity contribution in [3.63, 3.8) is 0 Å². The number of benzene rings is 2. The largest absolute Gasteiger partial charge is 0.573 e. The normalized spacial score (nSPS) is 11.4. The summed E-state index contributed by atoms with van der Waals surface area (Å²) >= 11 is 0. The van der Waals surface area contributed by atoms with Gasteiger partial charge in [0.15, 0.2) is 11.5 Å². The number of carbonyl (C=O) groups is 2. The van der Waals surface area contributed by atoms with Gasteiger partial charge in [-0.1, -0.05) is 0 Å². The molecule has 37 heavy (non-hydrogen) atoms. The third-order valence-corrected chi connectivity index (χ3v) is 5.20. The third-order valence-electron chi connectivity index (χ3n) is 5.20. The Kier molecular flexibility index (Phi) is 6.79. The van der Waals surface area contributed by atoms with Crippen LogP contribution >= 0.6 is 0 Å². The van der Waals surface area contributed by atoms with Gasteiger partial charge in [0, 0.05) is 30.2 Å². The zero-order valence-electron chi connectivity index (χ0n) is 19.3. The van der Waals surface area contributed by atoms with Gasteiger partial charge in [0.1, 0.15) is 17.4 Å². The quantitative estimate of drug-likeness (QED) is 0.358. The minimum atomic E-state index is -4.97. The fourth-order valence-electron chi connectivity index (χ4n) is 3.49. The molecule has 0 aliphatic rings. The van der Waals surface area contributed by atoms with Crippen molar-refractivity contribution in [2.75, 3.05) is 5.32 Å². The number of rotatable bonds is 6. The van der Waals surface area contributed by atoms with Crippen LogP contribution in [0, 0.1) is 18.6 Å². The number of fused-ring (bicyclic) bond motifs is 1. The summed E-state index contributed by atoms with van der Waals surface area (Å²) in [7, 11) is 0. The molecule has 0 unspecified atom stereocenters. The van der Waals surface area contributed by atoms with Gasteiger partial charge in [0.05, 0.1) is 11.9 Å². The third kappa shape index (κ3) is 6.00. The van der Waals surface area contributed by atoms with Crippen LogP contribution in [0.15, 0.2) is 48.7 Å². The van der Waals surface area contributed by atoms with Crippen molar-refractivity contribution >= 4 is 23.3 Å². The molecule has 0 saturated heterocycles. The van der Waals surface area contributed by atoms with E-state index >= 15 is 0 Å². The van der Waals surface area contributed by atoms with Gasteiger partial charge < -0.3 is 15.4 Å². The van der Waals surface area contributed by atoms with Crippen molar-refractivity contribution in [1.82, 2.24) is 19.9 Å². The Morgan fingerprint density at radius 2 is 1.81 bits per heavy atom. The molecular weight excluding hydrogens is 501 g/mol. The van der Waals surface area contributed by atoms with E-state index in [1.54, 1.807) is 12.1 Å². The highest BCUT2D eigenvalue weighted by molar-refractivity contribution is 5.97. The van der Waals surface area contributed by atoms with Crippen LogP contribution in [0.4, 0.5) is 27.8 Å². The summed E-state index contributed by atoms with van der Waals surface area (Å²) in [5, 5.41) is 9.25. The van der Waals surface area contributed by atoms with Crippen LogP contribution in [-0.4, -0.2) is 32.8 Å². The molecule has 0 fully saturated rings. The van der Waals surface area contributed by atoms with E-state index in [0.29, 0.717) is 5.65 Å². The van der Waals surface area contributed by atoms with E-state index < -0.39 is 36.2 Å². The van der Waals surface area contributed by atoms with E-state index in [0.717, 1.165) is 18.2 Å². The molecule has 0 saturated carbocycles. The molecule has 2 aromatic heterocycles. The second-order valence-electron chi connectivity index (χ2n) is 7.94. The predicted molar refractivity (Wildman–Crippen MR) is 122 cm³/mol. The Bertz CT molecular complexity index is 1520. The van der Waals surface area contributed by atoms with Crippen molar-refractivity contribution in [2.45, 2.75) is 26.8 Å². The number of amides is 2. The Labute approximate surface area is 206 Å². The summed E-state index contributed by atoms with van der Waals surface area (Å²) in [4.78, 5) is 28.3. The molecule has 0 aliphatic carbocycles. The standard InChI is InChI=1S/C24H18F5N5O3/c1-12-17(23(36)30-10-15-7-16(3-4-18(15)25)37-24(27,28)29)8-14(9-19(12)26)20-5-6-22-32-21(31-13(2)35)11-34(22)33-20/h3-9,11H,10H2,1-2H3,(H,30,36)(H,31,35). The molecule has 0 bridgehead atoms. The monoisotopic (exact) mass is 519 g/mol. The average molecular weight is 519 g/mol. The molecule has 13 heteroatoms. The van der Waals surface area contributed by atoms with Crippen molar-refractivity contribution in [2.24, 2.45) is 0 Å². The van der Waals surface area contributed by atoms with Crippen LogP contribution < -0.4 is 15.4 Å². The van der Waals surface area contributed by atoms with Crippen molar-refractivity contribution in [3.05, 3.63) is 77.0 Å². The summed E-state index contributed by atoms with van der Waals surface area (Å²) in [5.74, 6) is -3.05. The zero-order valence-corrected chi connectivity index (χ0v) is 19.3. The fourth-order valence-corrected chi connectivity index (χ4v) is 3.49. The Morgan fingerprint density at radius 3 is 2.51 bits per heavy atom. The molecule has 4 rings (SSSR count). The second kappa shape index (κ2) is 9.84. The maximum Gasteiger partial charge on any atom is 0.573 e. The lowest BCUT2D eigenvalue weighted by molar-refractivity contribution is -0.274. The molecular formula is C24H18F5N5O3. The molecule has 192 valence electrons. The molecule has 2 N–H and O–H groups in total. The topological polar surface area (TPSA) is 97.6 Å². The zero-order chi connectivity index (χ0) is 26.9. The second-order valence-corrected chi connectivity index (χ2v) is 7.94. The van der Waals surface area contributed by atoms with Gasteiger partial charge in [0.25, 0.3) is 5.91 Å². The van der Waals surface area contributed by atoms with Crippen molar-refractivity contribution in [1.29, 1.82) is 0 Å². The molecule has 0 radical (unpaired) electrons. The Morgan fingerprint density at radius 1 is 1.05 bits per heavy atom. The number of hydrogen-bond acceptors (Lipinski definition) is 5. The van der Waals surface area contributed by atoms with Crippen LogP contribution in [0.3, 0.4) is 0 Å². The number of alkyl halides is 3. The van der Waals surface area contributed by atoms with Crippen LogP contribution in [0.25, 0.3) is 16.9 Å². The Hall–Kier alpha value is -4.55. The first-order valence-electron chi connectivity index (χ1n) is 10.7. The fraction of sp³-hybridized carbons (Fsp3) is 0.167. The number of carbonyl (C=O) groups excluding carboxylic acids is 2. The molecule has 0 aliphatic heterocycles. The molecule has 0 spiro atoms. The average Bonchev–Trinajstić information content (AvgIpc) is 3.20. The first-order valence-corrected chi connectivity index (χ1v) is 10.7. The van der Waals surface area contributed by atoms with E-state index in [2.05, 4.69) is 25.5 Å².